The standard InChI is InChI=1S/C42H55N5O9S/c1-39(2,3)56-38(51)44-31-12-10-8-6-7-9-11-26-22-42(26,37(50)46-57(52,53)40(4)19-20-40)45-35(48)32-23-41(24-47(32)36(31)49)18-17-28-29-21-27(54-5)15-16-30(29)43-33(25-13-14-25)34(28)55-41/h9,11,15-16,21,25-26,31-32H,6-8,10,12-14,17-20,22-24H2,1-5H3,(H,44,51)(H,45,48)(H,46,50)/b11-9-/t26-,31+,32+,41+,42-/m1/s1. The maximum atomic E-state index is 14.8. The van der Waals surface area contributed by atoms with E-state index in [2.05, 4.69) is 15.4 Å². The number of fused-ring (bicyclic) bond motifs is 5. The number of amides is 4. The first-order valence-corrected chi connectivity index (χ1v) is 22.0. The van der Waals surface area contributed by atoms with E-state index < -0.39 is 73.3 Å². The number of benzene rings is 1. The molecule has 14 nitrogen and oxygen atoms in total. The van der Waals surface area contributed by atoms with Gasteiger partial charge in [0.25, 0.3) is 5.91 Å². The zero-order valence-corrected chi connectivity index (χ0v) is 34.4. The van der Waals surface area contributed by atoms with Crippen LogP contribution in [0.5, 0.6) is 11.5 Å². The fourth-order valence-electron chi connectivity index (χ4n) is 8.74. The summed E-state index contributed by atoms with van der Waals surface area (Å²) in [5.74, 6) is -0.593. The number of sulfonamides is 1. The van der Waals surface area contributed by atoms with Crippen molar-refractivity contribution in [3.05, 3.63) is 41.6 Å². The summed E-state index contributed by atoms with van der Waals surface area (Å²) >= 11 is 0. The number of alkyl carbamates (subject to hydrolysis) is 1. The fourth-order valence-corrected chi connectivity index (χ4v) is 10.1. The van der Waals surface area contributed by atoms with Crippen LogP contribution in [-0.2, 0) is 35.6 Å². The van der Waals surface area contributed by atoms with Crippen molar-refractivity contribution in [1.82, 2.24) is 25.2 Å². The predicted octanol–water partition coefficient (Wildman–Crippen LogP) is 5.07. The molecule has 3 aliphatic heterocycles. The van der Waals surface area contributed by atoms with Gasteiger partial charge in [0.2, 0.25) is 21.8 Å². The molecule has 8 rings (SSSR count). The fraction of sp³-hybridized carbons (Fsp3) is 0.643. The van der Waals surface area contributed by atoms with Gasteiger partial charge in [-0.25, -0.2) is 18.2 Å². The van der Waals surface area contributed by atoms with E-state index in [4.69, 9.17) is 19.2 Å². The third-order valence-electron chi connectivity index (χ3n) is 12.7. The van der Waals surface area contributed by atoms with Crippen LogP contribution in [0.25, 0.3) is 10.9 Å². The molecule has 15 heteroatoms. The van der Waals surface area contributed by atoms with Gasteiger partial charge in [-0.05, 0) is 110 Å². The molecule has 3 aliphatic carbocycles. The van der Waals surface area contributed by atoms with Crippen molar-refractivity contribution < 1.29 is 41.8 Å². The average Bonchev–Trinajstić information content (AvgIpc) is 4.08. The number of aryl methyl sites for hydroxylation is 1. The molecular formula is C42H55N5O9S. The van der Waals surface area contributed by atoms with Gasteiger partial charge >= 0.3 is 6.09 Å². The number of allylic oxidation sites excluding steroid dienone is 1. The molecule has 6 aliphatic rings. The SMILES string of the molecule is COc1ccc2nc(C3CC3)c3c(c2c1)CC[C@@]1(C[C@H]2C(=O)N[C@]4(C(=O)NS(=O)(=O)C5(C)CC5)C[C@H]4/C=C\CCCCC[C@H](NC(=O)OC(C)(C)C)C(=O)N2C1)O3. The molecule has 1 aromatic carbocycles. The van der Waals surface area contributed by atoms with E-state index in [-0.39, 0.29) is 25.3 Å². The minimum atomic E-state index is -3.99. The van der Waals surface area contributed by atoms with Crippen molar-refractivity contribution in [2.24, 2.45) is 5.92 Å². The Bertz CT molecular complexity index is 2140. The predicted molar refractivity (Wildman–Crippen MR) is 211 cm³/mol. The summed E-state index contributed by atoms with van der Waals surface area (Å²) < 4.78 is 46.0. The number of carbonyl (C=O) groups is 4. The number of ether oxygens (including phenoxy) is 3. The Labute approximate surface area is 334 Å². The summed E-state index contributed by atoms with van der Waals surface area (Å²) in [4.78, 5) is 63.4. The van der Waals surface area contributed by atoms with Crippen LogP contribution >= 0.6 is 0 Å². The van der Waals surface area contributed by atoms with E-state index >= 15 is 0 Å². The second-order valence-electron chi connectivity index (χ2n) is 18.4. The average molecular weight is 806 g/mol. The number of pyridine rings is 1. The van der Waals surface area contributed by atoms with Gasteiger partial charge in [0.05, 0.1) is 29.6 Å². The highest BCUT2D eigenvalue weighted by atomic mass is 32.2. The first-order valence-electron chi connectivity index (χ1n) is 20.5. The Morgan fingerprint density at radius 3 is 2.53 bits per heavy atom. The number of hydrogen-bond donors (Lipinski definition) is 3. The van der Waals surface area contributed by atoms with Crippen molar-refractivity contribution in [2.75, 3.05) is 13.7 Å². The summed E-state index contributed by atoms with van der Waals surface area (Å²) in [5.41, 5.74) is -0.539. The molecule has 1 aromatic heterocycles. The van der Waals surface area contributed by atoms with Crippen LogP contribution in [0.15, 0.2) is 30.4 Å². The molecule has 0 radical (unpaired) electrons. The van der Waals surface area contributed by atoms with E-state index in [1.807, 2.05) is 30.4 Å². The van der Waals surface area contributed by atoms with Crippen LogP contribution in [0.3, 0.4) is 0 Å². The van der Waals surface area contributed by atoms with Crippen molar-refractivity contribution in [3.8, 4) is 11.5 Å². The van der Waals surface area contributed by atoms with Gasteiger partial charge in [-0.1, -0.05) is 25.0 Å². The lowest BCUT2D eigenvalue weighted by atomic mass is 9.86. The maximum Gasteiger partial charge on any atom is 0.408 e. The summed E-state index contributed by atoms with van der Waals surface area (Å²) in [5, 5.41) is 6.72. The van der Waals surface area contributed by atoms with E-state index in [0.717, 1.165) is 47.8 Å². The Morgan fingerprint density at radius 1 is 1.05 bits per heavy atom. The minimum Gasteiger partial charge on any atom is -0.497 e. The quantitative estimate of drug-likeness (QED) is 0.334. The first kappa shape index (κ1) is 39.4. The van der Waals surface area contributed by atoms with Gasteiger partial charge in [-0.3, -0.25) is 19.1 Å². The molecule has 0 unspecified atom stereocenters. The first-order chi connectivity index (χ1) is 27.0. The normalized spacial score (nSPS) is 30.3. The highest BCUT2D eigenvalue weighted by Crippen LogP contribution is 2.52. The van der Waals surface area contributed by atoms with Crippen molar-refractivity contribution in [3.63, 3.8) is 0 Å². The molecule has 0 bridgehead atoms. The van der Waals surface area contributed by atoms with E-state index in [1.54, 1.807) is 34.8 Å². The second-order valence-corrected chi connectivity index (χ2v) is 20.6. The van der Waals surface area contributed by atoms with Gasteiger partial charge in [-0.2, -0.15) is 0 Å². The molecule has 3 N–H and O–H groups in total. The molecule has 57 heavy (non-hydrogen) atoms. The smallest absolute Gasteiger partial charge is 0.408 e. The van der Waals surface area contributed by atoms with Gasteiger partial charge in [0.1, 0.15) is 40.3 Å². The third kappa shape index (κ3) is 7.68. The van der Waals surface area contributed by atoms with Crippen LogP contribution in [0, 0.1) is 5.92 Å². The lowest BCUT2D eigenvalue weighted by Gasteiger charge is -2.37. The number of carbonyl (C=O) groups excluding carboxylic acids is 4. The maximum absolute atomic E-state index is 14.8. The van der Waals surface area contributed by atoms with Crippen molar-refractivity contribution in [2.45, 2.75) is 151 Å². The zero-order chi connectivity index (χ0) is 40.5. The zero-order valence-electron chi connectivity index (χ0n) is 33.6. The third-order valence-corrected chi connectivity index (χ3v) is 14.9. The number of nitrogens with zero attached hydrogens (tertiary/aromatic N) is 2. The van der Waals surface area contributed by atoms with Crippen LogP contribution in [0.1, 0.15) is 122 Å². The van der Waals surface area contributed by atoms with E-state index in [1.165, 1.54) is 4.90 Å². The van der Waals surface area contributed by atoms with Crippen LogP contribution < -0.4 is 24.8 Å². The van der Waals surface area contributed by atoms with Gasteiger partial charge in [-0.15, -0.1) is 0 Å². The van der Waals surface area contributed by atoms with E-state index in [9.17, 15) is 27.6 Å². The highest BCUT2D eigenvalue weighted by Gasteiger charge is 2.64. The van der Waals surface area contributed by atoms with Crippen LogP contribution in [-0.4, -0.2) is 89.3 Å². The topological polar surface area (TPSA) is 182 Å². The molecule has 1 spiro atoms. The molecule has 4 amide bonds. The molecule has 1 saturated heterocycles. The number of hydrogen-bond acceptors (Lipinski definition) is 10. The second kappa shape index (κ2) is 14.2. The molecule has 308 valence electrons. The molecule has 3 saturated carbocycles. The number of nitrogens with one attached hydrogen (secondary N) is 3. The summed E-state index contributed by atoms with van der Waals surface area (Å²) in [6.07, 6.45) is 10.7. The number of rotatable bonds is 6. The largest absolute Gasteiger partial charge is 0.497 e. The van der Waals surface area contributed by atoms with Crippen molar-refractivity contribution >= 4 is 44.7 Å². The van der Waals surface area contributed by atoms with Crippen molar-refractivity contribution in [1.29, 1.82) is 0 Å². The van der Waals surface area contributed by atoms with Crippen LogP contribution in [0.2, 0.25) is 0 Å². The lowest BCUT2D eigenvalue weighted by molar-refractivity contribution is -0.141. The minimum absolute atomic E-state index is 0.0609. The molecular weight excluding hydrogens is 751 g/mol. The Hall–Kier alpha value is -4.40. The summed E-state index contributed by atoms with van der Waals surface area (Å²) in [6.45, 7) is 6.91. The Balaban J connectivity index is 1.15. The highest BCUT2D eigenvalue weighted by molar-refractivity contribution is 7.91. The molecule has 4 fully saturated rings. The molecule has 2 aromatic rings. The summed E-state index contributed by atoms with van der Waals surface area (Å²) in [6, 6.07) is 3.75. The summed E-state index contributed by atoms with van der Waals surface area (Å²) in [7, 11) is -2.37. The molecule has 5 atom stereocenters. The Morgan fingerprint density at radius 2 is 1.82 bits per heavy atom. The number of methoxy groups -OCH3 is 1. The molecule has 4 heterocycles. The van der Waals surface area contributed by atoms with Gasteiger partial charge in [0.15, 0.2) is 0 Å². The van der Waals surface area contributed by atoms with E-state index in [0.29, 0.717) is 56.4 Å². The lowest BCUT2D eigenvalue weighted by Crippen LogP contribution is -2.58. The van der Waals surface area contributed by atoms with Gasteiger partial charge < -0.3 is 29.7 Å². The Kier molecular flexibility index (Phi) is 9.79. The van der Waals surface area contributed by atoms with Crippen LogP contribution in [0.4, 0.5) is 4.79 Å². The monoisotopic (exact) mass is 805 g/mol. The number of aromatic nitrogens is 1. The van der Waals surface area contributed by atoms with Gasteiger partial charge in [0, 0.05) is 29.2 Å².